The molecule has 0 radical (unpaired) electrons. The third-order valence-corrected chi connectivity index (χ3v) is 3.52. The average molecular weight is 261 g/mol. The van der Waals surface area contributed by atoms with Crippen LogP contribution in [0, 0.1) is 13.8 Å². The summed E-state index contributed by atoms with van der Waals surface area (Å²) in [5, 5.41) is 2.70. The maximum Gasteiger partial charge on any atom is 0.169 e. The van der Waals surface area contributed by atoms with Crippen LogP contribution in [0.1, 0.15) is 26.6 Å². The maximum absolute atomic E-state index is 10.5. The van der Waals surface area contributed by atoms with Gasteiger partial charge < -0.3 is 4.74 Å². The van der Waals surface area contributed by atoms with E-state index in [4.69, 9.17) is 4.74 Å². The predicted molar refractivity (Wildman–Crippen MR) is 72.6 cm³/mol. The zero-order chi connectivity index (χ0) is 13.0. The highest BCUT2D eigenvalue weighted by Gasteiger charge is 2.03. The topological polar surface area (TPSA) is 39.2 Å². The van der Waals surface area contributed by atoms with E-state index in [1.807, 2.05) is 19.1 Å². The second kappa shape index (κ2) is 5.78. The standard InChI is InChI=1S/C14H15NO2S/c1-10-3-4-13(11(2)7-10)17-6-5-14-15-12(8-16)9-18-14/h3-4,7-9H,5-6H2,1-2H3. The molecule has 0 saturated heterocycles. The van der Waals surface area contributed by atoms with Crippen LogP contribution >= 0.6 is 11.3 Å². The minimum absolute atomic E-state index is 0.501. The van der Waals surface area contributed by atoms with Gasteiger partial charge in [0, 0.05) is 11.8 Å². The van der Waals surface area contributed by atoms with Gasteiger partial charge in [0.25, 0.3) is 0 Å². The lowest BCUT2D eigenvalue weighted by Gasteiger charge is -2.08. The molecule has 1 aromatic carbocycles. The second-order valence-corrected chi connectivity index (χ2v) is 5.09. The summed E-state index contributed by atoms with van der Waals surface area (Å²) in [6, 6.07) is 6.13. The molecule has 0 aliphatic carbocycles. The van der Waals surface area contributed by atoms with Crippen molar-refractivity contribution >= 4 is 17.6 Å². The van der Waals surface area contributed by atoms with Crippen molar-refractivity contribution in [3.8, 4) is 5.75 Å². The van der Waals surface area contributed by atoms with E-state index < -0.39 is 0 Å². The van der Waals surface area contributed by atoms with Crippen molar-refractivity contribution in [3.05, 3.63) is 45.4 Å². The molecular formula is C14H15NO2S. The first-order chi connectivity index (χ1) is 8.69. The number of carbonyl (C=O) groups is 1. The lowest BCUT2D eigenvalue weighted by atomic mass is 10.1. The third-order valence-electron chi connectivity index (χ3n) is 2.59. The molecule has 0 bridgehead atoms. The Morgan fingerprint density at radius 3 is 2.89 bits per heavy atom. The monoisotopic (exact) mass is 261 g/mol. The Balaban J connectivity index is 1.90. The van der Waals surface area contributed by atoms with Gasteiger partial charge in [-0.05, 0) is 25.5 Å². The van der Waals surface area contributed by atoms with E-state index in [1.54, 1.807) is 5.38 Å². The molecule has 4 heteroatoms. The Bertz CT molecular complexity index is 548. The highest BCUT2D eigenvalue weighted by molar-refractivity contribution is 7.09. The van der Waals surface area contributed by atoms with Crippen LogP contribution in [0.25, 0.3) is 0 Å². The SMILES string of the molecule is Cc1ccc(OCCc2nc(C=O)cs2)c(C)c1. The molecule has 94 valence electrons. The molecular weight excluding hydrogens is 246 g/mol. The number of benzene rings is 1. The van der Waals surface area contributed by atoms with Crippen LogP contribution in [0.3, 0.4) is 0 Å². The quantitative estimate of drug-likeness (QED) is 0.776. The number of carbonyl (C=O) groups excluding carboxylic acids is 1. The van der Waals surface area contributed by atoms with Crippen molar-refractivity contribution in [2.24, 2.45) is 0 Å². The molecule has 2 rings (SSSR count). The molecule has 1 heterocycles. The van der Waals surface area contributed by atoms with Gasteiger partial charge in [-0.2, -0.15) is 0 Å². The highest BCUT2D eigenvalue weighted by Crippen LogP contribution is 2.19. The van der Waals surface area contributed by atoms with Gasteiger partial charge in [0.2, 0.25) is 0 Å². The van der Waals surface area contributed by atoms with Crippen LogP contribution in [0.2, 0.25) is 0 Å². The number of hydrogen-bond acceptors (Lipinski definition) is 4. The van der Waals surface area contributed by atoms with Crippen LogP contribution in [-0.2, 0) is 6.42 Å². The Labute approximate surface area is 110 Å². The molecule has 0 N–H and O–H groups in total. The number of aromatic nitrogens is 1. The minimum atomic E-state index is 0.501. The van der Waals surface area contributed by atoms with E-state index in [1.165, 1.54) is 16.9 Å². The summed E-state index contributed by atoms with van der Waals surface area (Å²) in [7, 11) is 0. The average Bonchev–Trinajstić information content (AvgIpc) is 2.80. The first-order valence-electron chi connectivity index (χ1n) is 5.78. The molecule has 0 saturated carbocycles. The van der Waals surface area contributed by atoms with Gasteiger partial charge in [0.15, 0.2) is 6.29 Å². The summed E-state index contributed by atoms with van der Waals surface area (Å²) in [5.41, 5.74) is 2.87. The van der Waals surface area contributed by atoms with Crippen molar-refractivity contribution < 1.29 is 9.53 Å². The maximum atomic E-state index is 10.5. The fourth-order valence-corrected chi connectivity index (χ4v) is 2.43. The van der Waals surface area contributed by atoms with E-state index >= 15 is 0 Å². The number of aryl methyl sites for hydroxylation is 2. The number of rotatable bonds is 5. The van der Waals surface area contributed by atoms with E-state index in [-0.39, 0.29) is 0 Å². The molecule has 0 amide bonds. The molecule has 0 atom stereocenters. The lowest BCUT2D eigenvalue weighted by Crippen LogP contribution is -2.02. The zero-order valence-corrected chi connectivity index (χ0v) is 11.3. The van der Waals surface area contributed by atoms with E-state index in [2.05, 4.69) is 18.0 Å². The molecule has 0 unspecified atom stereocenters. The normalized spacial score (nSPS) is 10.3. The minimum Gasteiger partial charge on any atom is -0.493 e. The second-order valence-electron chi connectivity index (χ2n) is 4.15. The summed E-state index contributed by atoms with van der Waals surface area (Å²) >= 11 is 1.49. The Morgan fingerprint density at radius 2 is 2.22 bits per heavy atom. The van der Waals surface area contributed by atoms with Gasteiger partial charge in [0.05, 0.1) is 11.6 Å². The van der Waals surface area contributed by atoms with Crippen LogP contribution in [-0.4, -0.2) is 17.9 Å². The fourth-order valence-electron chi connectivity index (χ4n) is 1.70. The number of aldehydes is 1. The zero-order valence-electron chi connectivity index (χ0n) is 10.5. The highest BCUT2D eigenvalue weighted by atomic mass is 32.1. The largest absolute Gasteiger partial charge is 0.493 e. The summed E-state index contributed by atoms with van der Waals surface area (Å²) in [5.74, 6) is 0.910. The summed E-state index contributed by atoms with van der Waals surface area (Å²) in [6.45, 7) is 4.68. The van der Waals surface area contributed by atoms with E-state index in [0.717, 1.165) is 29.0 Å². The third kappa shape index (κ3) is 3.17. The molecule has 1 aromatic heterocycles. The summed E-state index contributed by atoms with van der Waals surface area (Å²) < 4.78 is 5.72. The molecule has 0 fully saturated rings. The number of hydrogen-bond donors (Lipinski definition) is 0. The van der Waals surface area contributed by atoms with Gasteiger partial charge >= 0.3 is 0 Å². The van der Waals surface area contributed by atoms with E-state index in [9.17, 15) is 4.79 Å². The molecule has 18 heavy (non-hydrogen) atoms. The molecule has 0 aliphatic rings. The molecule has 0 spiro atoms. The first-order valence-corrected chi connectivity index (χ1v) is 6.66. The van der Waals surface area contributed by atoms with E-state index in [0.29, 0.717) is 12.3 Å². The van der Waals surface area contributed by atoms with Crippen LogP contribution in [0.15, 0.2) is 23.6 Å². The summed E-state index contributed by atoms with van der Waals surface area (Å²) in [6.07, 6.45) is 1.50. The van der Waals surface area contributed by atoms with Crippen molar-refractivity contribution in [1.29, 1.82) is 0 Å². The van der Waals surface area contributed by atoms with Crippen molar-refractivity contribution in [1.82, 2.24) is 4.98 Å². The number of thiazole rings is 1. The van der Waals surface area contributed by atoms with Crippen LogP contribution in [0.4, 0.5) is 0 Å². The van der Waals surface area contributed by atoms with Gasteiger partial charge in [-0.15, -0.1) is 11.3 Å². The smallest absolute Gasteiger partial charge is 0.169 e. The fraction of sp³-hybridized carbons (Fsp3) is 0.286. The van der Waals surface area contributed by atoms with Crippen LogP contribution < -0.4 is 4.74 Å². The first kappa shape index (κ1) is 12.8. The molecule has 2 aromatic rings. The van der Waals surface area contributed by atoms with Crippen molar-refractivity contribution in [3.63, 3.8) is 0 Å². The lowest BCUT2D eigenvalue weighted by molar-refractivity contribution is 0.111. The number of nitrogens with zero attached hydrogens (tertiary/aromatic N) is 1. The van der Waals surface area contributed by atoms with Crippen molar-refractivity contribution in [2.75, 3.05) is 6.61 Å². The molecule has 3 nitrogen and oxygen atoms in total. The van der Waals surface area contributed by atoms with Gasteiger partial charge in [-0.3, -0.25) is 4.79 Å². The van der Waals surface area contributed by atoms with Gasteiger partial charge in [-0.25, -0.2) is 4.98 Å². The Morgan fingerprint density at radius 1 is 1.39 bits per heavy atom. The Hall–Kier alpha value is -1.68. The van der Waals surface area contributed by atoms with Gasteiger partial charge in [0.1, 0.15) is 11.4 Å². The van der Waals surface area contributed by atoms with Crippen molar-refractivity contribution in [2.45, 2.75) is 20.3 Å². The molecule has 0 aliphatic heterocycles. The predicted octanol–water partition coefficient (Wildman–Crippen LogP) is 3.19. The Kier molecular flexibility index (Phi) is 4.10. The van der Waals surface area contributed by atoms with Crippen LogP contribution in [0.5, 0.6) is 5.75 Å². The van der Waals surface area contributed by atoms with Gasteiger partial charge in [-0.1, -0.05) is 17.7 Å². The summed E-state index contributed by atoms with van der Waals surface area (Å²) in [4.78, 5) is 14.7. The number of ether oxygens (including phenoxy) is 1.